The van der Waals surface area contributed by atoms with Crippen molar-refractivity contribution in [3.05, 3.63) is 18.2 Å². The second-order valence-electron chi connectivity index (χ2n) is 5.65. The Hall–Kier alpha value is -1.75. The van der Waals surface area contributed by atoms with Gasteiger partial charge in [-0.3, -0.25) is 4.79 Å². The summed E-state index contributed by atoms with van der Waals surface area (Å²) in [6.45, 7) is 4.84. The van der Waals surface area contributed by atoms with Crippen LogP contribution in [0.25, 0.3) is 0 Å². The van der Waals surface area contributed by atoms with Crippen molar-refractivity contribution in [2.24, 2.45) is 5.41 Å². The van der Waals surface area contributed by atoms with Crippen LogP contribution in [0, 0.1) is 5.41 Å². The zero-order chi connectivity index (χ0) is 14.0. The number of carbonyl (C=O) groups is 1. The first-order valence-corrected chi connectivity index (χ1v) is 7.09. The highest BCUT2D eigenvalue weighted by Crippen LogP contribution is 2.34. The molecule has 1 amide bonds. The van der Waals surface area contributed by atoms with Crippen LogP contribution in [0.5, 0.6) is 11.5 Å². The molecular formula is C15H20N2O3. The Kier molecular flexibility index (Phi) is 3.53. The number of fused-ring (bicyclic) bond motifs is 1. The van der Waals surface area contributed by atoms with Crippen LogP contribution in [-0.2, 0) is 4.79 Å². The summed E-state index contributed by atoms with van der Waals surface area (Å²) in [6, 6.07) is 5.52. The maximum atomic E-state index is 12.4. The third-order valence-corrected chi connectivity index (χ3v) is 3.95. The van der Waals surface area contributed by atoms with Crippen LogP contribution in [0.3, 0.4) is 0 Å². The lowest BCUT2D eigenvalue weighted by Gasteiger charge is -2.32. The van der Waals surface area contributed by atoms with Gasteiger partial charge in [0.1, 0.15) is 13.2 Å². The molecule has 5 heteroatoms. The second kappa shape index (κ2) is 5.32. The van der Waals surface area contributed by atoms with Gasteiger partial charge in [-0.15, -0.1) is 0 Å². The molecule has 20 heavy (non-hydrogen) atoms. The molecule has 3 rings (SSSR count). The van der Waals surface area contributed by atoms with Crippen molar-refractivity contribution in [1.29, 1.82) is 0 Å². The minimum absolute atomic E-state index is 0.0568. The summed E-state index contributed by atoms with van der Waals surface area (Å²) in [5, 5.41) is 6.27. The molecular weight excluding hydrogens is 256 g/mol. The summed E-state index contributed by atoms with van der Waals surface area (Å²) in [7, 11) is 0. The summed E-state index contributed by atoms with van der Waals surface area (Å²) >= 11 is 0. The molecule has 1 saturated heterocycles. The van der Waals surface area contributed by atoms with E-state index in [1.807, 2.05) is 25.1 Å². The fraction of sp³-hybridized carbons (Fsp3) is 0.533. The molecule has 0 bridgehead atoms. The Morgan fingerprint density at radius 1 is 1.30 bits per heavy atom. The number of rotatable bonds is 2. The van der Waals surface area contributed by atoms with Crippen molar-refractivity contribution in [3.8, 4) is 11.5 Å². The van der Waals surface area contributed by atoms with E-state index in [4.69, 9.17) is 9.47 Å². The van der Waals surface area contributed by atoms with Gasteiger partial charge >= 0.3 is 0 Å². The van der Waals surface area contributed by atoms with E-state index in [0.717, 1.165) is 37.4 Å². The molecule has 0 saturated carbocycles. The van der Waals surface area contributed by atoms with E-state index < -0.39 is 0 Å². The lowest BCUT2D eigenvalue weighted by molar-refractivity contribution is -0.125. The topological polar surface area (TPSA) is 59.6 Å². The van der Waals surface area contributed by atoms with E-state index in [-0.39, 0.29) is 11.3 Å². The molecule has 0 spiro atoms. The SMILES string of the molecule is CC1(C(=O)Nc2ccc3c(c2)OCCO3)CCCNC1. The van der Waals surface area contributed by atoms with Gasteiger partial charge in [0.25, 0.3) is 0 Å². The number of carbonyl (C=O) groups excluding carboxylic acids is 1. The molecule has 1 unspecified atom stereocenters. The third-order valence-electron chi connectivity index (χ3n) is 3.95. The Labute approximate surface area is 118 Å². The van der Waals surface area contributed by atoms with Crippen LogP contribution in [0.1, 0.15) is 19.8 Å². The summed E-state index contributed by atoms with van der Waals surface area (Å²) < 4.78 is 11.0. The first kappa shape index (κ1) is 13.2. The number of amides is 1. The molecule has 0 aliphatic carbocycles. The van der Waals surface area contributed by atoms with Gasteiger partial charge < -0.3 is 20.1 Å². The van der Waals surface area contributed by atoms with Crippen LogP contribution in [0.4, 0.5) is 5.69 Å². The summed E-state index contributed by atoms with van der Waals surface area (Å²) in [4.78, 5) is 12.4. The third kappa shape index (κ3) is 2.58. The quantitative estimate of drug-likeness (QED) is 0.864. The number of ether oxygens (including phenoxy) is 2. The fourth-order valence-corrected chi connectivity index (χ4v) is 2.65. The number of anilines is 1. The lowest BCUT2D eigenvalue weighted by Crippen LogP contribution is -2.46. The fourth-order valence-electron chi connectivity index (χ4n) is 2.65. The van der Waals surface area contributed by atoms with Gasteiger partial charge in [-0.25, -0.2) is 0 Å². The molecule has 108 valence electrons. The first-order chi connectivity index (χ1) is 9.67. The van der Waals surface area contributed by atoms with Crippen molar-refractivity contribution in [1.82, 2.24) is 5.32 Å². The van der Waals surface area contributed by atoms with E-state index in [1.54, 1.807) is 0 Å². The van der Waals surface area contributed by atoms with Gasteiger partial charge in [-0.05, 0) is 38.4 Å². The van der Waals surface area contributed by atoms with E-state index in [9.17, 15) is 4.79 Å². The molecule has 1 aromatic rings. The van der Waals surface area contributed by atoms with Gasteiger partial charge in [0.15, 0.2) is 11.5 Å². The molecule has 0 radical (unpaired) electrons. The predicted molar refractivity (Wildman–Crippen MR) is 76.3 cm³/mol. The summed E-state index contributed by atoms with van der Waals surface area (Å²) in [5.74, 6) is 1.49. The maximum Gasteiger partial charge on any atom is 0.231 e. The summed E-state index contributed by atoms with van der Waals surface area (Å²) in [5.41, 5.74) is 0.414. The van der Waals surface area contributed by atoms with Crippen molar-refractivity contribution >= 4 is 11.6 Å². The first-order valence-electron chi connectivity index (χ1n) is 7.09. The van der Waals surface area contributed by atoms with Crippen LogP contribution >= 0.6 is 0 Å². The maximum absolute atomic E-state index is 12.4. The van der Waals surface area contributed by atoms with Crippen molar-refractivity contribution in [2.75, 3.05) is 31.6 Å². The van der Waals surface area contributed by atoms with Gasteiger partial charge in [-0.2, -0.15) is 0 Å². The monoisotopic (exact) mass is 276 g/mol. The zero-order valence-electron chi connectivity index (χ0n) is 11.7. The Balaban J connectivity index is 1.72. The Bertz CT molecular complexity index is 510. The molecule has 1 fully saturated rings. The molecule has 2 aliphatic rings. The average Bonchev–Trinajstić information content (AvgIpc) is 2.48. The predicted octanol–water partition coefficient (Wildman–Crippen LogP) is 1.79. The van der Waals surface area contributed by atoms with Gasteiger partial charge in [0, 0.05) is 18.3 Å². The number of piperidine rings is 1. The van der Waals surface area contributed by atoms with Crippen molar-refractivity contribution in [3.63, 3.8) is 0 Å². The molecule has 2 N–H and O–H groups in total. The smallest absolute Gasteiger partial charge is 0.231 e. The van der Waals surface area contributed by atoms with E-state index in [0.29, 0.717) is 19.0 Å². The molecule has 1 atom stereocenters. The van der Waals surface area contributed by atoms with E-state index in [1.165, 1.54) is 0 Å². The molecule has 2 heterocycles. The minimum atomic E-state index is -0.342. The minimum Gasteiger partial charge on any atom is -0.486 e. The number of benzene rings is 1. The highest BCUT2D eigenvalue weighted by molar-refractivity contribution is 5.95. The zero-order valence-corrected chi connectivity index (χ0v) is 11.7. The normalized spacial score (nSPS) is 25.1. The van der Waals surface area contributed by atoms with Gasteiger partial charge in [-0.1, -0.05) is 0 Å². The average molecular weight is 276 g/mol. The standard InChI is InChI=1S/C15H20N2O3/c1-15(5-2-6-16-10-15)14(18)17-11-3-4-12-13(9-11)20-8-7-19-12/h3-4,9,16H,2,5-8,10H2,1H3,(H,17,18). The number of hydrogen-bond donors (Lipinski definition) is 2. The van der Waals surface area contributed by atoms with Gasteiger partial charge in [0.05, 0.1) is 5.41 Å². The van der Waals surface area contributed by atoms with Crippen LogP contribution in [-0.4, -0.2) is 32.2 Å². The highest BCUT2D eigenvalue weighted by Gasteiger charge is 2.34. The van der Waals surface area contributed by atoms with Crippen LogP contribution < -0.4 is 20.1 Å². The lowest BCUT2D eigenvalue weighted by atomic mass is 9.82. The van der Waals surface area contributed by atoms with E-state index >= 15 is 0 Å². The molecule has 0 aromatic heterocycles. The largest absolute Gasteiger partial charge is 0.486 e. The Morgan fingerprint density at radius 3 is 2.85 bits per heavy atom. The number of hydrogen-bond acceptors (Lipinski definition) is 4. The van der Waals surface area contributed by atoms with Crippen molar-refractivity contribution in [2.45, 2.75) is 19.8 Å². The van der Waals surface area contributed by atoms with E-state index in [2.05, 4.69) is 10.6 Å². The van der Waals surface area contributed by atoms with Gasteiger partial charge in [0.2, 0.25) is 5.91 Å². The number of nitrogens with one attached hydrogen (secondary N) is 2. The van der Waals surface area contributed by atoms with Crippen LogP contribution in [0.15, 0.2) is 18.2 Å². The second-order valence-corrected chi connectivity index (χ2v) is 5.65. The highest BCUT2D eigenvalue weighted by atomic mass is 16.6. The molecule has 5 nitrogen and oxygen atoms in total. The van der Waals surface area contributed by atoms with Crippen molar-refractivity contribution < 1.29 is 14.3 Å². The Morgan fingerprint density at radius 2 is 2.10 bits per heavy atom. The van der Waals surface area contributed by atoms with Crippen LogP contribution in [0.2, 0.25) is 0 Å². The molecule has 2 aliphatic heterocycles. The summed E-state index contributed by atoms with van der Waals surface area (Å²) in [6.07, 6.45) is 1.95. The molecule has 1 aromatic carbocycles.